The van der Waals surface area contributed by atoms with E-state index in [1.54, 1.807) is 14.0 Å². The van der Waals surface area contributed by atoms with Crippen LogP contribution in [0.2, 0.25) is 0 Å². The number of alkyl halides is 1. The average molecular weight is 288 g/mol. The minimum Gasteiger partial charge on any atom is -0.497 e. The molecule has 0 aromatic heterocycles. The molecule has 16 heavy (non-hydrogen) atoms. The van der Waals surface area contributed by atoms with E-state index in [1.807, 2.05) is 24.3 Å². The zero-order valence-corrected chi connectivity index (χ0v) is 10.8. The molecule has 1 amide bonds. The van der Waals surface area contributed by atoms with Crippen LogP contribution in [0.15, 0.2) is 24.3 Å². The standard InChI is InChI=1S/C11H14BrNO3/c1-8(12)13-11(14)16-7-9-3-5-10(15-2)6-4-9/h3-6,8H,7H2,1-2H3,(H,13,14). The largest absolute Gasteiger partial charge is 0.497 e. The predicted molar refractivity (Wildman–Crippen MR) is 64.7 cm³/mol. The van der Waals surface area contributed by atoms with Gasteiger partial charge in [0.05, 0.1) is 12.1 Å². The summed E-state index contributed by atoms with van der Waals surface area (Å²) >= 11 is 3.19. The van der Waals surface area contributed by atoms with Crippen LogP contribution in [0.3, 0.4) is 0 Å². The molecule has 0 heterocycles. The van der Waals surface area contributed by atoms with Crippen molar-refractivity contribution in [3.63, 3.8) is 0 Å². The van der Waals surface area contributed by atoms with Crippen molar-refractivity contribution in [2.75, 3.05) is 7.11 Å². The van der Waals surface area contributed by atoms with Gasteiger partial charge in [0.15, 0.2) is 0 Å². The molecule has 0 saturated carbocycles. The zero-order valence-electron chi connectivity index (χ0n) is 9.20. The Hall–Kier alpha value is -1.23. The summed E-state index contributed by atoms with van der Waals surface area (Å²) in [7, 11) is 1.61. The fourth-order valence-electron chi connectivity index (χ4n) is 1.07. The Labute approximate surface area is 103 Å². The molecule has 5 heteroatoms. The Morgan fingerprint density at radius 3 is 2.56 bits per heavy atom. The summed E-state index contributed by atoms with van der Waals surface area (Å²) < 4.78 is 10.0. The van der Waals surface area contributed by atoms with Crippen LogP contribution in [0.5, 0.6) is 5.75 Å². The van der Waals surface area contributed by atoms with Crippen LogP contribution in [0.25, 0.3) is 0 Å². The fourth-order valence-corrected chi connectivity index (χ4v) is 1.26. The molecule has 0 fully saturated rings. The van der Waals surface area contributed by atoms with E-state index < -0.39 is 6.09 Å². The summed E-state index contributed by atoms with van der Waals surface area (Å²) in [5.41, 5.74) is 0.915. The molecular weight excluding hydrogens is 274 g/mol. The summed E-state index contributed by atoms with van der Waals surface area (Å²) in [5, 5.41) is 2.57. The number of amides is 1. The molecule has 1 N–H and O–H groups in total. The highest BCUT2D eigenvalue weighted by Crippen LogP contribution is 2.11. The highest BCUT2D eigenvalue weighted by Gasteiger charge is 2.04. The highest BCUT2D eigenvalue weighted by atomic mass is 79.9. The van der Waals surface area contributed by atoms with Crippen molar-refractivity contribution in [3.05, 3.63) is 29.8 Å². The van der Waals surface area contributed by atoms with Gasteiger partial charge in [-0.15, -0.1) is 0 Å². The Morgan fingerprint density at radius 1 is 1.44 bits per heavy atom. The number of carbonyl (C=O) groups is 1. The first-order valence-electron chi connectivity index (χ1n) is 4.82. The van der Waals surface area contributed by atoms with E-state index in [0.717, 1.165) is 11.3 Å². The fraction of sp³-hybridized carbons (Fsp3) is 0.364. The quantitative estimate of drug-likeness (QED) is 0.684. The summed E-state index contributed by atoms with van der Waals surface area (Å²) in [4.78, 5) is 11.1. The van der Waals surface area contributed by atoms with Gasteiger partial charge in [-0.05, 0) is 24.6 Å². The number of hydrogen-bond donors (Lipinski definition) is 1. The number of rotatable bonds is 4. The molecule has 0 bridgehead atoms. The maximum atomic E-state index is 11.2. The molecule has 1 aromatic rings. The maximum Gasteiger partial charge on any atom is 0.408 e. The first-order valence-corrected chi connectivity index (χ1v) is 5.73. The molecule has 0 saturated heterocycles. The van der Waals surface area contributed by atoms with Gasteiger partial charge in [0.1, 0.15) is 12.4 Å². The van der Waals surface area contributed by atoms with Crippen LogP contribution >= 0.6 is 15.9 Å². The van der Waals surface area contributed by atoms with Gasteiger partial charge in [-0.1, -0.05) is 28.1 Å². The van der Waals surface area contributed by atoms with Crippen LogP contribution in [0, 0.1) is 0 Å². The van der Waals surface area contributed by atoms with Crippen LogP contribution in [0.1, 0.15) is 12.5 Å². The molecule has 4 nitrogen and oxygen atoms in total. The first-order chi connectivity index (χ1) is 7.61. The number of benzene rings is 1. The third kappa shape index (κ3) is 4.53. The van der Waals surface area contributed by atoms with Gasteiger partial charge >= 0.3 is 6.09 Å². The van der Waals surface area contributed by atoms with Gasteiger partial charge in [0.2, 0.25) is 0 Å². The normalized spacial score (nSPS) is 11.7. The van der Waals surface area contributed by atoms with Gasteiger partial charge in [-0.3, -0.25) is 0 Å². The molecule has 1 rings (SSSR count). The van der Waals surface area contributed by atoms with E-state index in [1.165, 1.54) is 0 Å². The number of ether oxygens (including phenoxy) is 2. The number of halogens is 1. The molecule has 0 aliphatic rings. The summed E-state index contributed by atoms with van der Waals surface area (Å²) in [5.74, 6) is 0.780. The van der Waals surface area contributed by atoms with Gasteiger partial charge < -0.3 is 14.8 Å². The second-order valence-electron chi connectivity index (χ2n) is 3.18. The third-order valence-electron chi connectivity index (χ3n) is 1.85. The van der Waals surface area contributed by atoms with Crippen LogP contribution in [-0.4, -0.2) is 18.2 Å². The van der Waals surface area contributed by atoms with Crippen LogP contribution in [0.4, 0.5) is 4.79 Å². The minimum atomic E-state index is -0.444. The van der Waals surface area contributed by atoms with E-state index in [9.17, 15) is 4.79 Å². The van der Waals surface area contributed by atoms with E-state index in [4.69, 9.17) is 9.47 Å². The Morgan fingerprint density at radius 2 is 2.06 bits per heavy atom. The maximum absolute atomic E-state index is 11.2. The minimum absolute atomic E-state index is 0.101. The Bertz CT molecular complexity index is 338. The molecule has 0 aliphatic heterocycles. The lowest BCUT2D eigenvalue weighted by molar-refractivity contribution is 0.139. The van der Waals surface area contributed by atoms with Gasteiger partial charge in [0, 0.05) is 0 Å². The first kappa shape index (κ1) is 12.8. The van der Waals surface area contributed by atoms with Crippen molar-refractivity contribution in [1.29, 1.82) is 0 Å². The third-order valence-corrected chi connectivity index (χ3v) is 2.07. The van der Waals surface area contributed by atoms with Crippen molar-refractivity contribution in [1.82, 2.24) is 5.32 Å². The summed E-state index contributed by atoms with van der Waals surface area (Å²) in [6.45, 7) is 2.05. The van der Waals surface area contributed by atoms with Crippen LogP contribution < -0.4 is 10.1 Å². The second-order valence-corrected chi connectivity index (χ2v) is 4.56. The number of nitrogens with one attached hydrogen (secondary N) is 1. The van der Waals surface area contributed by atoms with Crippen molar-refractivity contribution < 1.29 is 14.3 Å². The van der Waals surface area contributed by atoms with Gasteiger partial charge in [-0.2, -0.15) is 0 Å². The van der Waals surface area contributed by atoms with Gasteiger partial charge in [-0.25, -0.2) is 4.79 Å². The summed E-state index contributed by atoms with van der Waals surface area (Å²) in [6, 6.07) is 7.35. The predicted octanol–water partition coefficient (Wildman–Crippen LogP) is 2.66. The molecular formula is C11H14BrNO3. The molecule has 1 atom stereocenters. The van der Waals surface area contributed by atoms with Crippen molar-refractivity contribution >= 4 is 22.0 Å². The molecule has 1 unspecified atom stereocenters. The van der Waals surface area contributed by atoms with E-state index in [2.05, 4.69) is 21.2 Å². The number of carbonyl (C=O) groups excluding carboxylic acids is 1. The van der Waals surface area contributed by atoms with E-state index in [0.29, 0.717) is 0 Å². The van der Waals surface area contributed by atoms with E-state index >= 15 is 0 Å². The summed E-state index contributed by atoms with van der Waals surface area (Å²) in [6.07, 6.45) is -0.444. The van der Waals surface area contributed by atoms with Gasteiger partial charge in [0.25, 0.3) is 0 Å². The smallest absolute Gasteiger partial charge is 0.408 e. The van der Waals surface area contributed by atoms with E-state index in [-0.39, 0.29) is 11.6 Å². The number of methoxy groups -OCH3 is 1. The lowest BCUT2D eigenvalue weighted by atomic mass is 10.2. The zero-order chi connectivity index (χ0) is 12.0. The lowest BCUT2D eigenvalue weighted by Crippen LogP contribution is -2.28. The Balaban J connectivity index is 2.39. The molecule has 0 spiro atoms. The Kier molecular flexibility index (Phi) is 5.11. The topological polar surface area (TPSA) is 47.6 Å². The molecule has 0 radical (unpaired) electrons. The van der Waals surface area contributed by atoms with Crippen molar-refractivity contribution in [3.8, 4) is 5.75 Å². The van der Waals surface area contributed by atoms with Crippen molar-refractivity contribution in [2.45, 2.75) is 18.5 Å². The molecule has 0 aliphatic carbocycles. The number of hydrogen-bond acceptors (Lipinski definition) is 3. The average Bonchev–Trinajstić information content (AvgIpc) is 2.26. The SMILES string of the molecule is COc1ccc(COC(=O)NC(C)Br)cc1. The second kappa shape index (κ2) is 6.37. The highest BCUT2D eigenvalue weighted by molar-refractivity contribution is 9.09. The van der Waals surface area contributed by atoms with Crippen LogP contribution in [-0.2, 0) is 11.3 Å². The molecule has 88 valence electrons. The lowest BCUT2D eigenvalue weighted by Gasteiger charge is -2.08. The number of alkyl carbamates (subject to hydrolysis) is 1. The van der Waals surface area contributed by atoms with Crippen molar-refractivity contribution in [2.24, 2.45) is 0 Å². The monoisotopic (exact) mass is 287 g/mol. The molecule has 1 aromatic carbocycles.